The number of carbonyl (C=O) groups is 1. The van der Waals surface area contributed by atoms with E-state index in [9.17, 15) is 9.90 Å². The van der Waals surface area contributed by atoms with Crippen LogP contribution >= 0.6 is 11.3 Å². The number of aromatic nitrogens is 2. The number of thiophene rings is 1. The second kappa shape index (κ2) is 5.38. The summed E-state index contributed by atoms with van der Waals surface area (Å²) in [6.07, 6.45) is 2.01. The lowest BCUT2D eigenvalue weighted by Gasteiger charge is -2.22. The van der Waals surface area contributed by atoms with Gasteiger partial charge in [-0.2, -0.15) is 0 Å². The third-order valence-electron chi connectivity index (χ3n) is 3.37. The number of rotatable bonds is 3. The van der Waals surface area contributed by atoms with Gasteiger partial charge in [-0.1, -0.05) is 6.07 Å². The van der Waals surface area contributed by atoms with Crippen molar-refractivity contribution >= 4 is 28.8 Å². The minimum Gasteiger partial charge on any atom is -0.477 e. The monoisotopic (exact) mass is 329 g/mol. The van der Waals surface area contributed by atoms with Crippen LogP contribution in [0, 0.1) is 6.92 Å². The number of hydrogen-bond donors (Lipinski definition) is 2. The zero-order valence-corrected chi connectivity index (χ0v) is 14.4. The zero-order valence-electron chi connectivity index (χ0n) is 13.5. The third kappa shape index (κ3) is 2.94. The van der Waals surface area contributed by atoms with Gasteiger partial charge >= 0.3 is 5.97 Å². The fourth-order valence-electron chi connectivity index (χ4n) is 2.47. The van der Waals surface area contributed by atoms with Crippen molar-refractivity contribution in [3.63, 3.8) is 0 Å². The summed E-state index contributed by atoms with van der Waals surface area (Å²) < 4.78 is 1.99. The van der Waals surface area contributed by atoms with Crippen molar-refractivity contribution in [2.75, 3.05) is 5.32 Å². The number of nitrogens with one attached hydrogen (secondary N) is 1. The van der Waals surface area contributed by atoms with Crippen LogP contribution in [0.2, 0.25) is 0 Å². The van der Waals surface area contributed by atoms with E-state index in [2.05, 4.69) is 31.1 Å². The molecule has 3 aromatic heterocycles. The van der Waals surface area contributed by atoms with E-state index in [1.807, 2.05) is 35.7 Å². The molecule has 3 rings (SSSR count). The molecule has 3 heterocycles. The highest BCUT2D eigenvalue weighted by atomic mass is 32.1. The Morgan fingerprint density at radius 1 is 1.30 bits per heavy atom. The Morgan fingerprint density at radius 2 is 2.04 bits per heavy atom. The number of fused-ring (bicyclic) bond motifs is 1. The third-order valence-corrected chi connectivity index (χ3v) is 4.28. The van der Waals surface area contributed by atoms with Gasteiger partial charge in [0.1, 0.15) is 22.0 Å². The normalized spacial score (nSPS) is 11.8. The molecular formula is C17H19N3O2S. The van der Waals surface area contributed by atoms with E-state index in [0.717, 1.165) is 17.0 Å². The molecule has 0 aliphatic rings. The summed E-state index contributed by atoms with van der Waals surface area (Å²) in [5.74, 6) is -0.109. The summed E-state index contributed by atoms with van der Waals surface area (Å²) in [7, 11) is 0. The van der Waals surface area contributed by atoms with Crippen molar-refractivity contribution in [1.29, 1.82) is 0 Å². The van der Waals surface area contributed by atoms with Crippen molar-refractivity contribution < 1.29 is 9.90 Å². The van der Waals surface area contributed by atoms with Crippen molar-refractivity contribution in [3.05, 3.63) is 40.2 Å². The topological polar surface area (TPSA) is 66.6 Å². The number of aromatic carboxylic acids is 1. The maximum atomic E-state index is 11.5. The molecule has 0 saturated heterocycles. The Bertz CT molecular complexity index is 887. The van der Waals surface area contributed by atoms with Crippen LogP contribution in [0.4, 0.5) is 5.82 Å². The van der Waals surface area contributed by atoms with E-state index in [4.69, 9.17) is 0 Å². The van der Waals surface area contributed by atoms with Crippen LogP contribution in [0.5, 0.6) is 0 Å². The maximum absolute atomic E-state index is 11.5. The number of anilines is 1. The SMILES string of the molecule is Cc1ccc2nc(-c3ccsc3C(=O)O)c(NC(C)(C)C)n2c1. The minimum atomic E-state index is -0.926. The van der Waals surface area contributed by atoms with E-state index < -0.39 is 5.97 Å². The minimum absolute atomic E-state index is 0.173. The number of carboxylic acids is 1. The summed E-state index contributed by atoms with van der Waals surface area (Å²) in [6.45, 7) is 8.22. The molecule has 0 unspecified atom stereocenters. The average molecular weight is 329 g/mol. The van der Waals surface area contributed by atoms with Crippen LogP contribution in [-0.4, -0.2) is 26.0 Å². The number of pyridine rings is 1. The molecule has 0 fully saturated rings. The average Bonchev–Trinajstić information content (AvgIpc) is 3.02. The first-order valence-electron chi connectivity index (χ1n) is 7.34. The highest BCUT2D eigenvalue weighted by Gasteiger charge is 2.23. The van der Waals surface area contributed by atoms with Gasteiger partial charge in [0.2, 0.25) is 0 Å². The van der Waals surface area contributed by atoms with Crippen LogP contribution in [0.15, 0.2) is 29.8 Å². The highest BCUT2D eigenvalue weighted by Crippen LogP contribution is 2.35. The first-order chi connectivity index (χ1) is 10.8. The molecule has 0 spiro atoms. The van der Waals surface area contributed by atoms with E-state index in [1.54, 1.807) is 5.38 Å². The molecule has 2 N–H and O–H groups in total. The predicted octanol–water partition coefficient (Wildman–Crippen LogP) is 4.28. The predicted molar refractivity (Wildman–Crippen MR) is 93.6 cm³/mol. The van der Waals surface area contributed by atoms with Crippen LogP contribution in [0.3, 0.4) is 0 Å². The van der Waals surface area contributed by atoms with Crippen molar-refractivity contribution in [3.8, 4) is 11.3 Å². The Balaban J connectivity index is 2.29. The van der Waals surface area contributed by atoms with Crippen LogP contribution in [-0.2, 0) is 0 Å². The molecule has 6 heteroatoms. The molecule has 0 saturated carbocycles. The number of hydrogen-bond acceptors (Lipinski definition) is 4. The molecule has 0 amide bonds. The number of imidazole rings is 1. The summed E-state index contributed by atoms with van der Waals surface area (Å²) in [5.41, 5.74) is 3.05. The molecule has 0 aromatic carbocycles. The summed E-state index contributed by atoms with van der Waals surface area (Å²) in [4.78, 5) is 16.5. The summed E-state index contributed by atoms with van der Waals surface area (Å²) in [6, 6.07) is 5.76. The van der Waals surface area contributed by atoms with Crippen molar-refractivity contribution in [1.82, 2.24) is 9.38 Å². The van der Waals surface area contributed by atoms with Crippen LogP contribution in [0.1, 0.15) is 36.0 Å². The lowest BCUT2D eigenvalue weighted by Crippen LogP contribution is -2.27. The Hall–Kier alpha value is -2.34. The number of carboxylic acid groups (broad SMARTS) is 1. The fourth-order valence-corrected chi connectivity index (χ4v) is 3.21. The van der Waals surface area contributed by atoms with E-state index in [0.29, 0.717) is 16.1 Å². The molecule has 0 atom stereocenters. The second-order valence-electron chi connectivity index (χ2n) is 6.59. The lowest BCUT2D eigenvalue weighted by atomic mass is 10.1. The van der Waals surface area contributed by atoms with Gasteiger partial charge in [-0.3, -0.25) is 4.40 Å². The van der Waals surface area contributed by atoms with E-state index in [-0.39, 0.29) is 5.54 Å². The zero-order chi connectivity index (χ0) is 16.8. The van der Waals surface area contributed by atoms with Gasteiger partial charge in [-0.05, 0) is 50.8 Å². The van der Waals surface area contributed by atoms with Gasteiger partial charge in [-0.15, -0.1) is 11.3 Å². The Labute approximate surface area is 138 Å². The smallest absolute Gasteiger partial charge is 0.346 e. The molecule has 23 heavy (non-hydrogen) atoms. The summed E-state index contributed by atoms with van der Waals surface area (Å²) in [5, 5.41) is 14.7. The first kappa shape index (κ1) is 15.6. The quantitative estimate of drug-likeness (QED) is 0.752. The highest BCUT2D eigenvalue weighted by molar-refractivity contribution is 7.12. The molecule has 3 aromatic rings. The largest absolute Gasteiger partial charge is 0.477 e. The molecule has 0 bridgehead atoms. The van der Waals surface area contributed by atoms with Gasteiger partial charge in [0.15, 0.2) is 0 Å². The number of aryl methyl sites for hydroxylation is 1. The lowest BCUT2D eigenvalue weighted by molar-refractivity contribution is 0.0703. The van der Waals surface area contributed by atoms with Gasteiger partial charge in [0, 0.05) is 17.3 Å². The van der Waals surface area contributed by atoms with Gasteiger partial charge in [-0.25, -0.2) is 9.78 Å². The molecule has 0 aliphatic carbocycles. The van der Waals surface area contributed by atoms with Gasteiger partial charge in [0.05, 0.1) is 0 Å². The van der Waals surface area contributed by atoms with Crippen molar-refractivity contribution in [2.24, 2.45) is 0 Å². The van der Waals surface area contributed by atoms with Crippen LogP contribution < -0.4 is 5.32 Å². The first-order valence-corrected chi connectivity index (χ1v) is 8.22. The van der Waals surface area contributed by atoms with Gasteiger partial charge < -0.3 is 10.4 Å². The fraction of sp³-hybridized carbons (Fsp3) is 0.294. The number of nitrogens with zero attached hydrogens (tertiary/aromatic N) is 2. The standard InChI is InChI=1S/C17H19N3O2S/c1-10-5-6-12-18-13(11-7-8-23-14(11)16(21)22)15(20(12)9-10)19-17(2,3)4/h5-9,19H,1-4H3,(H,21,22). The Morgan fingerprint density at radius 3 is 2.70 bits per heavy atom. The molecular weight excluding hydrogens is 310 g/mol. The van der Waals surface area contributed by atoms with Gasteiger partial charge in [0.25, 0.3) is 0 Å². The molecule has 120 valence electrons. The molecule has 0 radical (unpaired) electrons. The van der Waals surface area contributed by atoms with E-state index in [1.165, 1.54) is 11.3 Å². The van der Waals surface area contributed by atoms with Crippen molar-refractivity contribution in [2.45, 2.75) is 33.2 Å². The van der Waals surface area contributed by atoms with E-state index >= 15 is 0 Å². The maximum Gasteiger partial charge on any atom is 0.346 e. The molecule has 5 nitrogen and oxygen atoms in total. The van der Waals surface area contributed by atoms with Crippen LogP contribution in [0.25, 0.3) is 16.9 Å². The molecule has 0 aliphatic heterocycles. The Kier molecular flexibility index (Phi) is 3.64. The second-order valence-corrected chi connectivity index (χ2v) is 7.50. The summed E-state index contributed by atoms with van der Waals surface area (Å²) >= 11 is 1.22.